The van der Waals surface area contributed by atoms with Crippen molar-refractivity contribution in [3.63, 3.8) is 0 Å². The highest BCUT2D eigenvalue weighted by Gasteiger charge is 2.13. The lowest BCUT2D eigenvalue weighted by molar-refractivity contribution is 0.0947. The molecule has 2 aromatic heterocycles. The van der Waals surface area contributed by atoms with Crippen molar-refractivity contribution in [3.8, 4) is 11.3 Å². The molecule has 0 aliphatic rings. The Hall–Kier alpha value is -2.18. The number of rotatable bonds is 6. The lowest BCUT2D eigenvalue weighted by atomic mass is 10.1. The number of benzene rings is 1. The summed E-state index contributed by atoms with van der Waals surface area (Å²) in [4.78, 5) is 22.3. The van der Waals surface area contributed by atoms with Crippen LogP contribution in [0, 0.1) is 0 Å². The summed E-state index contributed by atoms with van der Waals surface area (Å²) in [5.41, 5.74) is 3.31. The summed E-state index contributed by atoms with van der Waals surface area (Å²) in [6.07, 6.45) is 3.32. The van der Waals surface area contributed by atoms with Gasteiger partial charge < -0.3 is 5.32 Å². The van der Waals surface area contributed by atoms with Crippen molar-refractivity contribution < 1.29 is 4.79 Å². The van der Waals surface area contributed by atoms with Crippen molar-refractivity contribution >= 4 is 29.0 Å². The zero-order chi connectivity index (χ0) is 16.8. The van der Waals surface area contributed by atoms with Crippen LogP contribution in [-0.2, 0) is 6.54 Å². The Labute approximate surface area is 149 Å². The van der Waals surface area contributed by atoms with Crippen molar-refractivity contribution in [2.75, 3.05) is 5.75 Å². The molecule has 0 saturated heterocycles. The van der Waals surface area contributed by atoms with Crippen molar-refractivity contribution in [1.29, 1.82) is 0 Å². The Bertz CT molecular complexity index is 819. The summed E-state index contributed by atoms with van der Waals surface area (Å²) >= 11 is 3.28. The first-order valence-corrected chi connectivity index (χ1v) is 9.55. The molecule has 0 aliphatic heterocycles. The number of nitrogens with zero attached hydrogens (tertiary/aromatic N) is 2. The first-order valence-electron chi connectivity index (χ1n) is 7.62. The number of carbonyl (C=O) groups is 1. The average Bonchev–Trinajstić information content (AvgIpc) is 3.15. The van der Waals surface area contributed by atoms with E-state index in [-0.39, 0.29) is 5.91 Å². The Morgan fingerprint density at radius 1 is 1.21 bits per heavy atom. The molecule has 1 N–H and O–H groups in total. The molecule has 24 heavy (non-hydrogen) atoms. The van der Waals surface area contributed by atoms with Crippen LogP contribution in [0.2, 0.25) is 0 Å². The molecular weight excluding hydrogens is 338 g/mol. The number of hydrogen-bond donors (Lipinski definition) is 1. The SMILES string of the molecule is CCSc1ccccc1C(=O)NCc1nccnc1-c1ccsc1. The number of amides is 1. The summed E-state index contributed by atoms with van der Waals surface area (Å²) < 4.78 is 0. The first-order chi connectivity index (χ1) is 11.8. The van der Waals surface area contributed by atoms with E-state index in [1.54, 1.807) is 35.5 Å². The minimum Gasteiger partial charge on any atom is -0.346 e. The minimum atomic E-state index is -0.0894. The quantitative estimate of drug-likeness (QED) is 0.672. The molecule has 0 atom stereocenters. The normalized spacial score (nSPS) is 10.5. The summed E-state index contributed by atoms with van der Waals surface area (Å²) in [7, 11) is 0. The highest BCUT2D eigenvalue weighted by atomic mass is 32.2. The van der Waals surface area contributed by atoms with Gasteiger partial charge in [0.2, 0.25) is 0 Å². The van der Waals surface area contributed by atoms with Gasteiger partial charge in [-0.15, -0.1) is 11.8 Å². The lowest BCUT2D eigenvalue weighted by Gasteiger charge is -2.10. The molecule has 3 rings (SSSR count). The average molecular weight is 355 g/mol. The third-order valence-electron chi connectivity index (χ3n) is 3.42. The molecule has 0 saturated carbocycles. The van der Waals surface area contributed by atoms with Gasteiger partial charge >= 0.3 is 0 Å². The maximum absolute atomic E-state index is 12.5. The third-order valence-corrected chi connectivity index (χ3v) is 5.06. The van der Waals surface area contributed by atoms with Gasteiger partial charge in [-0.05, 0) is 29.3 Å². The molecule has 2 heterocycles. The molecule has 0 fully saturated rings. The maximum Gasteiger partial charge on any atom is 0.252 e. The number of aromatic nitrogens is 2. The molecule has 0 bridgehead atoms. The van der Waals surface area contributed by atoms with Crippen LogP contribution in [0.3, 0.4) is 0 Å². The van der Waals surface area contributed by atoms with Gasteiger partial charge in [0.1, 0.15) is 0 Å². The van der Waals surface area contributed by atoms with Crippen molar-refractivity contribution in [3.05, 3.63) is 64.7 Å². The Morgan fingerprint density at radius 3 is 2.83 bits per heavy atom. The first kappa shape index (κ1) is 16.7. The van der Waals surface area contributed by atoms with E-state index in [1.165, 1.54) is 0 Å². The van der Waals surface area contributed by atoms with Gasteiger partial charge in [0.15, 0.2) is 0 Å². The van der Waals surface area contributed by atoms with Gasteiger partial charge in [-0.2, -0.15) is 11.3 Å². The van der Waals surface area contributed by atoms with E-state index in [0.717, 1.165) is 27.6 Å². The summed E-state index contributed by atoms with van der Waals surface area (Å²) in [6, 6.07) is 9.67. The molecule has 0 spiro atoms. The molecule has 0 radical (unpaired) electrons. The van der Waals surface area contributed by atoms with Gasteiger partial charge in [-0.1, -0.05) is 19.1 Å². The fourth-order valence-corrected chi connectivity index (χ4v) is 3.77. The van der Waals surface area contributed by atoms with E-state index in [1.807, 2.05) is 41.1 Å². The van der Waals surface area contributed by atoms with Crippen LogP contribution < -0.4 is 5.32 Å². The lowest BCUT2D eigenvalue weighted by Crippen LogP contribution is -2.24. The van der Waals surface area contributed by atoms with E-state index < -0.39 is 0 Å². The maximum atomic E-state index is 12.5. The third kappa shape index (κ3) is 3.83. The second-order valence-electron chi connectivity index (χ2n) is 4.98. The van der Waals surface area contributed by atoms with Crippen molar-refractivity contribution in [1.82, 2.24) is 15.3 Å². The van der Waals surface area contributed by atoms with Crippen molar-refractivity contribution in [2.45, 2.75) is 18.4 Å². The van der Waals surface area contributed by atoms with Gasteiger partial charge in [0.25, 0.3) is 5.91 Å². The molecule has 1 amide bonds. The van der Waals surface area contributed by atoms with E-state index in [2.05, 4.69) is 22.2 Å². The predicted molar refractivity (Wildman–Crippen MR) is 99.4 cm³/mol. The number of thioether (sulfide) groups is 1. The molecule has 6 heteroatoms. The topological polar surface area (TPSA) is 54.9 Å². The molecule has 122 valence electrons. The molecule has 3 aromatic rings. The zero-order valence-corrected chi connectivity index (χ0v) is 14.9. The molecule has 0 aliphatic carbocycles. The largest absolute Gasteiger partial charge is 0.346 e. The van der Waals surface area contributed by atoms with Crippen LogP contribution >= 0.6 is 23.1 Å². The molecule has 1 aromatic carbocycles. The van der Waals surface area contributed by atoms with E-state index in [9.17, 15) is 4.79 Å². The summed E-state index contributed by atoms with van der Waals surface area (Å²) in [5, 5.41) is 7.00. The Kier molecular flexibility index (Phi) is 5.61. The number of hydrogen-bond acceptors (Lipinski definition) is 5. The van der Waals surface area contributed by atoms with Crippen LogP contribution in [0.15, 0.2) is 58.4 Å². The van der Waals surface area contributed by atoms with Crippen LogP contribution in [0.25, 0.3) is 11.3 Å². The molecule has 4 nitrogen and oxygen atoms in total. The molecule has 0 unspecified atom stereocenters. The van der Waals surface area contributed by atoms with Gasteiger partial charge in [-0.3, -0.25) is 14.8 Å². The highest BCUT2D eigenvalue weighted by molar-refractivity contribution is 7.99. The predicted octanol–water partition coefficient (Wildman–Crippen LogP) is 4.25. The van der Waals surface area contributed by atoms with Gasteiger partial charge in [0.05, 0.1) is 23.5 Å². The second kappa shape index (κ2) is 8.08. The molecular formula is C18H17N3OS2. The van der Waals surface area contributed by atoms with E-state index >= 15 is 0 Å². The van der Waals surface area contributed by atoms with Gasteiger partial charge in [-0.25, -0.2) is 0 Å². The Balaban J connectivity index is 1.76. The minimum absolute atomic E-state index is 0.0894. The van der Waals surface area contributed by atoms with Crippen LogP contribution in [-0.4, -0.2) is 21.6 Å². The fraction of sp³-hybridized carbons (Fsp3) is 0.167. The Morgan fingerprint density at radius 2 is 2.04 bits per heavy atom. The summed E-state index contributed by atoms with van der Waals surface area (Å²) in [5.74, 6) is 0.838. The zero-order valence-electron chi connectivity index (χ0n) is 13.2. The number of carbonyl (C=O) groups excluding carboxylic acids is 1. The van der Waals surface area contributed by atoms with E-state index in [4.69, 9.17) is 0 Å². The highest BCUT2D eigenvalue weighted by Crippen LogP contribution is 2.24. The smallest absolute Gasteiger partial charge is 0.252 e. The summed E-state index contributed by atoms with van der Waals surface area (Å²) in [6.45, 7) is 2.43. The second-order valence-corrected chi connectivity index (χ2v) is 7.06. The van der Waals surface area contributed by atoms with Crippen LogP contribution in [0.5, 0.6) is 0 Å². The standard InChI is InChI=1S/C18H17N3OS2/c1-2-24-16-6-4-3-5-14(16)18(22)21-11-15-17(20-9-8-19-15)13-7-10-23-12-13/h3-10,12H,2,11H2,1H3,(H,21,22). The van der Waals surface area contributed by atoms with Crippen LogP contribution in [0.4, 0.5) is 0 Å². The number of nitrogens with one attached hydrogen (secondary N) is 1. The van der Waals surface area contributed by atoms with Crippen LogP contribution in [0.1, 0.15) is 23.0 Å². The van der Waals surface area contributed by atoms with E-state index in [0.29, 0.717) is 12.1 Å². The fourth-order valence-electron chi connectivity index (χ4n) is 2.33. The number of thiophene rings is 1. The van der Waals surface area contributed by atoms with Gasteiger partial charge in [0, 0.05) is 28.2 Å². The monoisotopic (exact) mass is 355 g/mol. The van der Waals surface area contributed by atoms with Crippen molar-refractivity contribution in [2.24, 2.45) is 0 Å².